The number of aromatic nitrogens is 4. The van der Waals surface area contributed by atoms with Crippen LogP contribution in [0.5, 0.6) is 0 Å². The van der Waals surface area contributed by atoms with E-state index in [1.165, 1.54) is 11.3 Å². The first kappa shape index (κ1) is 18.1. The topological polar surface area (TPSA) is 67.2 Å². The molecule has 2 aliphatic rings. The van der Waals surface area contributed by atoms with E-state index in [4.69, 9.17) is 4.98 Å². The second-order valence-corrected chi connectivity index (χ2v) is 8.08. The molecule has 2 aliphatic heterocycles. The van der Waals surface area contributed by atoms with Gasteiger partial charge in [0.05, 0.1) is 11.8 Å². The van der Waals surface area contributed by atoms with Crippen molar-refractivity contribution < 1.29 is 4.79 Å². The summed E-state index contributed by atoms with van der Waals surface area (Å²) in [7, 11) is 2.13. The molecule has 0 bridgehead atoms. The fourth-order valence-corrected chi connectivity index (χ4v) is 3.96. The molecule has 7 nitrogen and oxygen atoms in total. The Morgan fingerprint density at radius 3 is 2.89 bits per heavy atom. The number of nitrogens with zero attached hydrogens (tertiary/aromatic N) is 6. The first-order chi connectivity index (χ1) is 13.0. The van der Waals surface area contributed by atoms with Crippen LogP contribution in [0.3, 0.4) is 0 Å². The Morgan fingerprint density at radius 1 is 1.26 bits per heavy atom. The lowest BCUT2D eigenvalue weighted by atomic mass is 9.96. The highest BCUT2D eigenvalue weighted by Crippen LogP contribution is 2.27. The number of carbonyl (C=O) groups is 1. The molecular formula is C20H28N6O. The van der Waals surface area contributed by atoms with Crippen molar-refractivity contribution in [2.75, 3.05) is 26.7 Å². The van der Waals surface area contributed by atoms with E-state index in [-0.39, 0.29) is 17.9 Å². The normalized spacial score (nSPS) is 20.7. The molecule has 1 saturated heterocycles. The summed E-state index contributed by atoms with van der Waals surface area (Å²) in [4.78, 5) is 26.7. The molecule has 144 valence electrons. The second kappa shape index (κ2) is 7.38. The van der Waals surface area contributed by atoms with Gasteiger partial charge in [-0.05, 0) is 33.7 Å². The predicted molar refractivity (Wildman–Crippen MR) is 103 cm³/mol. The number of carbonyl (C=O) groups excluding carboxylic acids is 1. The summed E-state index contributed by atoms with van der Waals surface area (Å²) >= 11 is 0. The lowest BCUT2D eigenvalue weighted by Crippen LogP contribution is -2.39. The number of likely N-dealkylation sites (tertiary alicyclic amines) is 1. The predicted octanol–water partition coefficient (Wildman–Crippen LogP) is 2.26. The minimum absolute atomic E-state index is 0.0613. The third-order valence-corrected chi connectivity index (χ3v) is 5.59. The van der Waals surface area contributed by atoms with Crippen molar-refractivity contribution in [3.63, 3.8) is 0 Å². The van der Waals surface area contributed by atoms with Gasteiger partial charge in [-0.2, -0.15) is 5.10 Å². The van der Waals surface area contributed by atoms with Crippen LogP contribution in [-0.2, 0) is 13.0 Å². The third-order valence-electron chi connectivity index (χ3n) is 5.59. The standard InChI is InChI=1S/C20H28N6O/c1-14(2)26-13-17(10-22-26)20(27)25-7-4-5-15(12-25)19-21-9-16-11-24(3)8-6-18(16)23-19/h9-10,13-15H,4-8,11-12H2,1-3H3/t15-/m0/s1. The Labute approximate surface area is 160 Å². The number of rotatable bonds is 3. The maximum absolute atomic E-state index is 12.9. The molecule has 0 radical (unpaired) electrons. The number of likely N-dealkylation sites (N-methyl/N-ethyl adjacent to an activating group) is 1. The summed E-state index contributed by atoms with van der Waals surface area (Å²) < 4.78 is 1.83. The van der Waals surface area contributed by atoms with E-state index in [1.807, 2.05) is 22.0 Å². The van der Waals surface area contributed by atoms with Crippen LogP contribution < -0.4 is 0 Å². The van der Waals surface area contributed by atoms with Crippen molar-refractivity contribution in [1.29, 1.82) is 0 Å². The van der Waals surface area contributed by atoms with E-state index < -0.39 is 0 Å². The van der Waals surface area contributed by atoms with Crippen molar-refractivity contribution in [3.05, 3.63) is 41.2 Å². The maximum Gasteiger partial charge on any atom is 0.257 e. The lowest BCUT2D eigenvalue weighted by Gasteiger charge is -2.32. The average molecular weight is 368 g/mol. The fourth-order valence-electron chi connectivity index (χ4n) is 3.96. The fraction of sp³-hybridized carbons (Fsp3) is 0.600. The zero-order valence-corrected chi connectivity index (χ0v) is 16.4. The highest BCUT2D eigenvalue weighted by Gasteiger charge is 2.28. The molecule has 4 heterocycles. The van der Waals surface area contributed by atoms with Gasteiger partial charge in [-0.25, -0.2) is 9.97 Å². The van der Waals surface area contributed by atoms with Crippen LogP contribution in [0.2, 0.25) is 0 Å². The van der Waals surface area contributed by atoms with Crippen molar-refractivity contribution in [3.8, 4) is 0 Å². The van der Waals surface area contributed by atoms with Gasteiger partial charge in [0.2, 0.25) is 0 Å². The first-order valence-electron chi connectivity index (χ1n) is 9.88. The van der Waals surface area contributed by atoms with Gasteiger partial charge >= 0.3 is 0 Å². The number of hydrogen-bond donors (Lipinski definition) is 0. The van der Waals surface area contributed by atoms with Crippen LogP contribution in [0.4, 0.5) is 0 Å². The third kappa shape index (κ3) is 3.74. The van der Waals surface area contributed by atoms with Crippen molar-refractivity contribution in [2.45, 2.75) is 51.6 Å². The van der Waals surface area contributed by atoms with Crippen LogP contribution in [0.25, 0.3) is 0 Å². The molecule has 2 aromatic rings. The molecule has 1 amide bonds. The molecule has 4 rings (SSSR count). The molecule has 0 spiro atoms. The van der Waals surface area contributed by atoms with Gasteiger partial charge in [0.15, 0.2) is 0 Å². The zero-order valence-electron chi connectivity index (χ0n) is 16.4. The molecule has 0 N–H and O–H groups in total. The van der Waals surface area contributed by atoms with Gasteiger partial charge in [-0.3, -0.25) is 9.48 Å². The molecule has 1 fully saturated rings. The van der Waals surface area contributed by atoms with E-state index in [1.54, 1.807) is 6.20 Å². The highest BCUT2D eigenvalue weighted by atomic mass is 16.2. The maximum atomic E-state index is 12.9. The summed E-state index contributed by atoms with van der Waals surface area (Å²) in [6.45, 7) is 7.55. The molecule has 0 unspecified atom stereocenters. The number of hydrogen-bond acceptors (Lipinski definition) is 5. The molecular weight excluding hydrogens is 340 g/mol. The Hall–Kier alpha value is -2.28. The summed E-state index contributed by atoms with van der Waals surface area (Å²) in [5.41, 5.74) is 3.08. The van der Waals surface area contributed by atoms with Gasteiger partial charge in [0, 0.05) is 68.2 Å². The smallest absolute Gasteiger partial charge is 0.257 e. The van der Waals surface area contributed by atoms with E-state index in [2.05, 4.69) is 35.9 Å². The summed E-state index contributed by atoms with van der Waals surface area (Å²) in [5, 5.41) is 4.30. The monoisotopic (exact) mass is 368 g/mol. The van der Waals surface area contributed by atoms with Gasteiger partial charge < -0.3 is 9.80 Å². The lowest BCUT2D eigenvalue weighted by molar-refractivity contribution is 0.0704. The van der Waals surface area contributed by atoms with Gasteiger partial charge in [-0.1, -0.05) is 0 Å². The van der Waals surface area contributed by atoms with Gasteiger partial charge in [0.1, 0.15) is 5.82 Å². The van der Waals surface area contributed by atoms with E-state index in [0.29, 0.717) is 12.1 Å². The molecule has 1 atom stereocenters. The van der Waals surface area contributed by atoms with Crippen LogP contribution in [0.1, 0.15) is 66.1 Å². The number of piperidine rings is 1. The van der Waals surface area contributed by atoms with Crippen LogP contribution in [0, 0.1) is 0 Å². The largest absolute Gasteiger partial charge is 0.338 e. The van der Waals surface area contributed by atoms with Crippen molar-refractivity contribution in [1.82, 2.24) is 29.5 Å². The summed E-state index contributed by atoms with van der Waals surface area (Å²) in [6, 6.07) is 0.253. The molecule has 2 aromatic heterocycles. The van der Waals surface area contributed by atoms with Crippen LogP contribution in [-0.4, -0.2) is 62.1 Å². The average Bonchev–Trinajstić information content (AvgIpc) is 3.17. The van der Waals surface area contributed by atoms with Gasteiger partial charge in [0.25, 0.3) is 5.91 Å². The number of fused-ring (bicyclic) bond motifs is 1. The Kier molecular flexibility index (Phi) is 4.95. The Balaban J connectivity index is 1.48. The van der Waals surface area contributed by atoms with Crippen LogP contribution >= 0.6 is 0 Å². The zero-order chi connectivity index (χ0) is 19.0. The molecule has 0 saturated carbocycles. The molecule has 0 aromatic carbocycles. The van der Waals surface area contributed by atoms with Crippen LogP contribution in [0.15, 0.2) is 18.6 Å². The molecule has 27 heavy (non-hydrogen) atoms. The Morgan fingerprint density at radius 2 is 2.11 bits per heavy atom. The summed E-state index contributed by atoms with van der Waals surface area (Å²) in [6.07, 6.45) is 8.51. The quantitative estimate of drug-likeness (QED) is 0.831. The van der Waals surface area contributed by atoms with E-state index >= 15 is 0 Å². The number of amides is 1. The van der Waals surface area contributed by atoms with Crippen molar-refractivity contribution >= 4 is 5.91 Å². The van der Waals surface area contributed by atoms with Gasteiger partial charge in [-0.15, -0.1) is 0 Å². The van der Waals surface area contributed by atoms with E-state index in [0.717, 1.165) is 44.7 Å². The minimum atomic E-state index is 0.0613. The Bertz CT molecular complexity index is 830. The SMILES string of the molecule is CC(C)n1cc(C(=O)N2CCC[C@H](c3ncc4c(n3)CCN(C)C4)C2)cn1. The summed E-state index contributed by atoms with van der Waals surface area (Å²) in [5.74, 6) is 1.17. The minimum Gasteiger partial charge on any atom is -0.338 e. The first-order valence-corrected chi connectivity index (χ1v) is 9.88. The molecule has 0 aliphatic carbocycles. The second-order valence-electron chi connectivity index (χ2n) is 8.08. The van der Waals surface area contributed by atoms with E-state index in [9.17, 15) is 4.79 Å². The van der Waals surface area contributed by atoms with Crippen molar-refractivity contribution in [2.24, 2.45) is 0 Å². The molecule has 7 heteroatoms. The highest BCUT2D eigenvalue weighted by molar-refractivity contribution is 5.93.